The van der Waals surface area contributed by atoms with Crippen molar-refractivity contribution in [3.8, 4) is 16.9 Å². The van der Waals surface area contributed by atoms with Crippen molar-refractivity contribution in [3.63, 3.8) is 0 Å². The Bertz CT molecular complexity index is 766. The van der Waals surface area contributed by atoms with Crippen molar-refractivity contribution >= 4 is 5.97 Å². The maximum Gasteiger partial charge on any atom is 0.336 e. The van der Waals surface area contributed by atoms with Gasteiger partial charge >= 0.3 is 5.97 Å². The Hall–Kier alpha value is -2.29. The summed E-state index contributed by atoms with van der Waals surface area (Å²) >= 11 is 0. The first-order chi connectivity index (χ1) is 14.1. The van der Waals surface area contributed by atoms with Crippen LogP contribution in [0.2, 0.25) is 0 Å². The lowest BCUT2D eigenvalue weighted by atomic mass is 9.90. The van der Waals surface area contributed by atoms with Crippen LogP contribution in [0.15, 0.2) is 42.5 Å². The standard InChI is InChI=1S/C26H36O3/c1-4-6-7-8-9-12-17-29-22-15-16-24(26(27)28)25(19-22)23-14-11-10-13-21(23)18-20(3)5-2/h10-11,13-16,19-20H,4-9,12,17-18H2,1-3H3,(H,27,28)/t20-/m0/s1. The summed E-state index contributed by atoms with van der Waals surface area (Å²) in [7, 11) is 0. The highest BCUT2D eigenvalue weighted by Crippen LogP contribution is 2.32. The minimum atomic E-state index is -0.902. The molecule has 0 aliphatic heterocycles. The van der Waals surface area contributed by atoms with Crippen LogP contribution in [0.1, 0.15) is 81.6 Å². The number of unbranched alkanes of at least 4 members (excludes halogenated alkanes) is 5. The van der Waals surface area contributed by atoms with Gasteiger partial charge < -0.3 is 9.84 Å². The lowest BCUT2D eigenvalue weighted by Gasteiger charge is -2.16. The topological polar surface area (TPSA) is 46.5 Å². The molecule has 0 aliphatic carbocycles. The number of aromatic carboxylic acids is 1. The van der Waals surface area contributed by atoms with Crippen LogP contribution < -0.4 is 4.74 Å². The first-order valence-corrected chi connectivity index (χ1v) is 11.1. The summed E-state index contributed by atoms with van der Waals surface area (Å²) in [6.07, 6.45) is 9.35. The van der Waals surface area contributed by atoms with E-state index in [-0.39, 0.29) is 0 Å². The molecule has 29 heavy (non-hydrogen) atoms. The first-order valence-electron chi connectivity index (χ1n) is 11.1. The van der Waals surface area contributed by atoms with Crippen LogP contribution in [-0.4, -0.2) is 17.7 Å². The van der Waals surface area contributed by atoms with E-state index in [9.17, 15) is 9.90 Å². The van der Waals surface area contributed by atoms with E-state index in [1.807, 2.05) is 24.3 Å². The summed E-state index contributed by atoms with van der Waals surface area (Å²) in [5.41, 5.74) is 3.26. The number of carboxylic acids is 1. The van der Waals surface area contributed by atoms with E-state index < -0.39 is 5.97 Å². The van der Waals surface area contributed by atoms with Crippen LogP contribution in [0.3, 0.4) is 0 Å². The Morgan fingerprint density at radius 3 is 2.41 bits per heavy atom. The average molecular weight is 397 g/mol. The fourth-order valence-electron chi connectivity index (χ4n) is 3.58. The minimum absolute atomic E-state index is 0.327. The molecule has 158 valence electrons. The number of carboxylic acid groups (broad SMARTS) is 1. The zero-order chi connectivity index (χ0) is 21.1. The number of rotatable bonds is 13. The zero-order valence-corrected chi connectivity index (χ0v) is 18.2. The monoisotopic (exact) mass is 396 g/mol. The van der Waals surface area contributed by atoms with Gasteiger partial charge in [0.1, 0.15) is 5.75 Å². The second-order valence-corrected chi connectivity index (χ2v) is 8.00. The highest BCUT2D eigenvalue weighted by Gasteiger charge is 2.16. The highest BCUT2D eigenvalue weighted by molar-refractivity contribution is 5.97. The molecule has 0 saturated carbocycles. The van der Waals surface area contributed by atoms with Crippen molar-refractivity contribution in [2.75, 3.05) is 6.61 Å². The van der Waals surface area contributed by atoms with Gasteiger partial charge in [-0.05, 0) is 48.1 Å². The molecule has 3 nitrogen and oxygen atoms in total. The summed E-state index contributed by atoms with van der Waals surface area (Å²) in [4.78, 5) is 11.8. The molecular weight excluding hydrogens is 360 g/mol. The van der Waals surface area contributed by atoms with Crippen molar-refractivity contribution in [2.24, 2.45) is 5.92 Å². The quantitative estimate of drug-likeness (QED) is 0.359. The van der Waals surface area contributed by atoms with Crippen molar-refractivity contribution in [1.82, 2.24) is 0 Å². The van der Waals surface area contributed by atoms with Gasteiger partial charge in [-0.15, -0.1) is 0 Å². The molecule has 0 heterocycles. The van der Waals surface area contributed by atoms with E-state index >= 15 is 0 Å². The Balaban J connectivity index is 2.16. The SMILES string of the molecule is CCCCCCCCOc1ccc(C(=O)O)c(-c2ccccc2C[C@@H](C)CC)c1. The molecule has 0 aromatic heterocycles. The van der Waals surface area contributed by atoms with Crippen molar-refractivity contribution < 1.29 is 14.6 Å². The molecule has 0 amide bonds. The van der Waals surface area contributed by atoms with Crippen LogP contribution >= 0.6 is 0 Å². The molecule has 0 unspecified atom stereocenters. The van der Waals surface area contributed by atoms with E-state index in [0.29, 0.717) is 18.1 Å². The molecule has 2 rings (SSSR count). The fourth-order valence-corrected chi connectivity index (χ4v) is 3.58. The Morgan fingerprint density at radius 1 is 0.966 bits per heavy atom. The summed E-state index contributed by atoms with van der Waals surface area (Å²) in [5, 5.41) is 9.71. The van der Waals surface area contributed by atoms with Crippen LogP contribution in [-0.2, 0) is 6.42 Å². The van der Waals surface area contributed by atoms with E-state index in [1.54, 1.807) is 12.1 Å². The Morgan fingerprint density at radius 2 is 1.69 bits per heavy atom. The third kappa shape index (κ3) is 7.23. The van der Waals surface area contributed by atoms with Gasteiger partial charge in [-0.1, -0.05) is 83.6 Å². The molecular formula is C26H36O3. The molecule has 2 aromatic rings. The van der Waals surface area contributed by atoms with E-state index in [4.69, 9.17) is 4.74 Å². The normalized spacial score (nSPS) is 12.0. The van der Waals surface area contributed by atoms with Crippen LogP contribution in [0.25, 0.3) is 11.1 Å². The van der Waals surface area contributed by atoms with Gasteiger partial charge in [0, 0.05) is 5.56 Å². The lowest BCUT2D eigenvalue weighted by Crippen LogP contribution is -2.05. The van der Waals surface area contributed by atoms with Crippen molar-refractivity contribution in [1.29, 1.82) is 0 Å². The molecule has 0 saturated heterocycles. The maximum absolute atomic E-state index is 11.8. The molecule has 0 radical (unpaired) electrons. The number of hydrogen-bond donors (Lipinski definition) is 1. The number of ether oxygens (including phenoxy) is 1. The van der Waals surface area contributed by atoms with Gasteiger partial charge in [0.05, 0.1) is 12.2 Å². The largest absolute Gasteiger partial charge is 0.494 e. The second kappa shape index (κ2) is 12.3. The molecule has 0 spiro atoms. The van der Waals surface area contributed by atoms with Gasteiger partial charge in [0.25, 0.3) is 0 Å². The third-order valence-electron chi connectivity index (χ3n) is 5.56. The van der Waals surface area contributed by atoms with Gasteiger partial charge in [0.15, 0.2) is 0 Å². The van der Waals surface area contributed by atoms with Gasteiger partial charge in [-0.25, -0.2) is 4.79 Å². The molecule has 0 bridgehead atoms. The Labute approximate surface area is 176 Å². The van der Waals surface area contributed by atoms with Crippen molar-refractivity contribution in [3.05, 3.63) is 53.6 Å². The number of benzene rings is 2. The molecule has 1 atom stereocenters. The van der Waals surface area contributed by atoms with Crippen LogP contribution in [0, 0.1) is 5.92 Å². The molecule has 0 aliphatic rings. The summed E-state index contributed by atoms with van der Waals surface area (Å²) in [6, 6.07) is 13.5. The number of carbonyl (C=O) groups is 1. The first kappa shape index (κ1) is 23.0. The summed E-state index contributed by atoms with van der Waals surface area (Å²) in [6.45, 7) is 7.32. The van der Waals surface area contributed by atoms with Gasteiger partial charge in [0.2, 0.25) is 0 Å². The maximum atomic E-state index is 11.8. The van der Waals surface area contributed by atoms with Gasteiger partial charge in [-0.3, -0.25) is 0 Å². The molecule has 1 N–H and O–H groups in total. The Kier molecular flexibility index (Phi) is 9.76. The van der Waals surface area contributed by atoms with E-state index in [1.165, 1.54) is 37.7 Å². The second-order valence-electron chi connectivity index (χ2n) is 8.00. The van der Waals surface area contributed by atoms with E-state index in [0.717, 1.165) is 36.1 Å². The highest BCUT2D eigenvalue weighted by atomic mass is 16.5. The van der Waals surface area contributed by atoms with Gasteiger partial charge in [-0.2, -0.15) is 0 Å². The predicted molar refractivity (Wildman–Crippen MR) is 121 cm³/mol. The molecule has 2 aromatic carbocycles. The minimum Gasteiger partial charge on any atom is -0.494 e. The molecule has 3 heteroatoms. The van der Waals surface area contributed by atoms with Crippen molar-refractivity contribution in [2.45, 2.75) is 72.1 Å². The van der Waals surface area contributed by atoms with Crippen LogP contribution in [0.4, 0.5) is 0 Å². The number of hydrogen-bond acceptors (Lipinski definition) is 2. The predicted octanol–water partition coefficient (Wildman–Crippen LogP) is 7.38. The lowest BCUT2D eigenvalue weighted by molar-refractivity contribution is 0.0697. The third-order valence-corrected chi connectivity index (χ3v) is 5.56. The zero-order valence-electron chi connectivity index (χ0n) is 18.2. The molecule has 0 fully saturated rings. The summed E-state index contributed by atoms with van der Waals surface area (Å²) in [5.74, 6) is 0.397. The van der Waals surface area contributed by atoms with E-state index in [2.05, 4.69) is 26.8 Å². The average Bonchev–Trinajstić information content (AvgIpc) is 2.73. The summed E-state index contributed by atoms with van der Waals surface area (Å²) < 4.78 is 5.96. The van der Waals surface area contributed by atoms with Crippen LogP contribution in [0.5, 0.6) is 5.75 Å². The smallest absolute Gasteiger partial charge is 0.336 e. The fraction of sp³-hybridized carbons (Fsp3) is 0.500.